The largest absolute Gasteiger partial charge is 0.354 e. The molecule has 3 aromatic heterocycles. The molecule has 0 amide bonds. The van der Waals surface area contributed by atoms with E-state index in [0.29, 0.717) is 18.3 Å². The van der Waals surface area contributed by atoms with E-state index in [4.69, 9.17) is 0 Å². The fraction of sp³-hybridized carbons (Fsp3) is 0.444. The third kappa shape index (κ3) is 3.18. The van der Waals surface area contributed by atoms with E-state index < -0.39 is 0 Å². The number of hydrogen-bond donors (Lipinski definition) is 0. The summed E-state index contributed by atoms with van der Waals surface area (Å²) in [4.78, 5) is 10.3. The standard InChI is InChI=1S/C18H22FN7/c1-2-26-16(12-24-11-8-20-13-24)22-23-17(26)14-5-9-25(10-6-14)18-15(19)4-3-7-21-18/h3-4,7-8,11,13-14H,2,5-6,9-10,12H2,1H3. The van der Waals surface area contributed by atoms with Gasteiger partial charge < -0.3 is 14.0 Å². The Hall–Kier alpha value is -2.77. The number of anilines is 1. The molecule has 1 aliphatic rings. The van der Waals surface area contributed by atoms with Crippen LogP contribution in [0.4, 0.5) is 10.2 Å². The molecule has 0 saturated carbocycles. The van der Waals surface area contributed by atoms with Crippen molar-refractivity contribution < 1.29 is 4.39 Å². The summed E-state index contributed by atoms with van der Waals surface area (Å²) in [6, 6.07) is 3.08. The Balaban J connectivity index is 1.47. The number of imidazole rings is 1. The van der Waals surface area contributed by atoms with Crippen molar-refractivity contribution in [3.8, 4) is 0 Å². The summed E-state index contributed by atoms with van der Waals surface area (Å²) >= 11 is 0. The van der Waals surface area contributed by atoms with Crippen molar-refractivity contribution in [3.63, 3.8) is 0 Å². The summed E-state index contributed by atoms with van der Waals surface area (Å²) in [6.45, 7) is 5.15. The van der Waals surface area contributed by atoms with E-state index in [9.17, 15) is 4.39 Å². The van der Waals surface area contributed by atoms with Gasteiger partial charge in [-0.25, -0.2) is 14.4 Å². The predicted molar refractivity (Wildman–Crippen MR) is 95.4 cm³/mol. The summed E-state index contributed by atoms with van der Waals surface area (Å²) in [7, 11) is 0. The van der Waals surface area contributed by atoms with Gasteiger partial charge in [0.05, 0.1) is 12.9 Å². The van der Waals surface area contributed by atoms with E-state index in [0.717, 1.165) is 44.1 Å². The van der Waals surface area contributed by atoms with Crippen LogP contribution in [-0.2, 0) is 13.1 Å². The zero-order chi connectivity index (χ0) is 17.9. The molecule has 0 atom stereocenters. The Morgan fingerprint density at radius 2 is 2.04 bits per heavy atom. The fourth-order valence-electron chi connectivity index (χ4n) is 3.62. The molecule has 26 heavy (non-hydrogen) atoms. The lowest BCUT2D eigenvalue weighted by Crippen LogP contribution is -2.35. The van der Waals surface area contributed by atoms with Crippen LogP contribution in [0.3, 0.4) is 0 Å². The molecule has 0 radical (unpaired) electrons. The lowest BCUT2D eigenvalue weighted by Gasteiger charge is -2.32. The number of pyridine rings is 1. The van der Waals surface area contributed by atoms with Crippen LogP contribution in [0.25, 0.3) is 0 Å². The van der Waals surface area contributed by atoms with Gasteiger partial charge >= 0.3 is 0 Å². The maximum atomic E-state index is 14.0. The van der Waals surface area contributed by atoms with Crippen molar-refractivity contribution >= 4 is 5.82 Å². The summed E-state index contributed by atoms with van der Waals surface area (Å²) < 4.78 is 18.1. The average molecular weight is 355 g/mol. The first kappa shape index (κ1) is 16.7. The van der Waals surface area contributed by atoms with E-state index in [-0.39, 0.29) is 5.82 Å². The molecular formula is C18H22FN7. The van der Waals surface area contributed by atoms with Gasteiger partial charge in [-0.05, 0) is 31.9 Å². The number of hydrogen-bond acceptors (Lipinski definition) is 5. The zero-order valence-corrected chi connectivity index (χ0v) is 14.8. The molecule has 0 aromatic carbocycles. The minimum absolute atomic E-state index is 0.259. The predicted octanol–water partition coefficient (Wildman–Crippen LogP) is 2.46. The molecule has 0 spiro atoms. The molecule has 4 rings (SSSR count). The third-order valence-electron chi connectivity index (χ3n) is 4.95. The maximum absolute atomic E-state index is 14.0. The summed E-state index contributed by atoms with van der Waals surface area (Å²) in [5, 5.41) is 8.88. The lowest BCUT2D eigenvalue weighted by molar-refractivity contribution is 0.457. The maximum Gasteiger partial charge on any atom is 0.165 e. The zero-order valence-electron chi connectivity index (χ0n) is 14.8. The van der Waals surface area contributed by atoms with E-state index in [2.05, 4.69) is 31.7 Å². The molecule has 1 fully saturated rings. The minimum Gasteiger partial charge on any atom is -0.354 e. The number of piperidine rings is 1. The Morgan fingerprint density at radius 1 is 1.19 bits per heavy atom. The van der Waals surface area contributed by atoms with Crippen LogP contribution in [0.15, 0.2) is 37.1 Å². The van der Waals surface area contributed by atoms with Gasteiger partial charge in [-0.1, -0.05) is 0 Å². The lowest BCUT2D eigenvalue weighted by atomic mass is 9.96. The first-order valence-corrected chi connectivity index (χ1v) is 8.99. The highest BCUT2D eigenvalue weighted by Gasteiger charge is 2.27. The van der Waals surface area contributed by atoms with E-state index >= 15 is 0 Å². The second-order valence-electron chi connectivity index (χ2n) is 6.52. The fourth-order valence-corrected chi connectivity index (χ4v) is 3.62. The number of rotatable bonds is 5. The van der Waals surface area contributed by atoms with Crippen molar-refractivity contribution in [2.45, 2.75) is 38.8 Å². The van der Waals surface area contributed by atoms with E-state index in [1.807, 2.05) is 15.7 Å². The molecule has 7 nitrogen and oxygen atoms in total. The Labute approximate surface area is 151 Å². The van der Waals surface area contributed by atoms with Crippen LogP contribution in [0, 0.1) is 5.82 Å². The smallest absolute Gasteiger partial charge is 0.165 e. The molecular weight excluding hydrogens is 333 g/mol. The molecule has 0 bridgehead atoms. The Bertz CT molecular complexity index is 850. The first-order chi connectivity index (χ1) is 12.8. The van der Waals surface area contributed by atoms with Crippen LogP contribution in [0.5, 0.6) is 0 Å². The number of halogens is 1. The molecule has 1 saturated heterocycles. The summed E-state index contributed by atoms with van der Waals surface area (Å²) in [5.41, 5.74) is 0. The van der Waals surface area contributed by atoms with Crippen LogP contribution in [0.1, 0.15) is 37.3 Å². The molecule has 4 heterocycles. The Kier molecular flexibility index (Phi) is 4.64. The summed E-state index contributed by atoms with van der Waals surface area (Å²) in [6.07, 6.45) is 8.95. The van der Waals surface area contributed by atoms with Crippen molar-refractivity contribution in [1.29, 1.82) is 0 Å². The van der Waals surface area contributed by atoms with Gasteiger partial charge in [-0.15, -0.1) is 10.2 Å². The molecule has 136 valence electrons. The van der Waals surface area contributed by atoms with Crippen molar-refractivity contribution in [1.82, 2.24) is 29.3 Å². The molecule has 0 N–H and O–H groups in total. The highest BCUT2D eigenvalue weighted by Crippen LogP contribution is 2.30. The van der Waals surface area contributed by atoms with Gasteiger partial charge in [-0.2, -0.15) is 0 Å². The SMILES string of the molecule is CCn1c(Cn2ccnc2)nnc1C1CCN(c2ncccc2F)CC1. The van der Waals surface area contributed by atoms with Crippen LogP contribution in [-0.4, -0.2) is 42.4 Å². The second kappa shape index (κ2) is 7.23. The van der Waals surface area contributed by atoms with Gasteiger partial charge in [0.2, 0.25) is 0 Å². The monoisotopic (exact) mass is 355 g/mol. The first-order valence-electron chi connectivity index (χ1n) is 8.99. The van der Waals surface area contributed by atoms with Crippen LogP contribution in [0.2, 0.25) is 0 Å². The molecule has 8 heteroatoms. The molecule has 1 aliphatic heterocycles. The summed E-state index contributed by atoms with van der Waals surface area (Å²) in [5.74, 6) is 2.50. The Morgan fingerprint density at radius 3 is 2.73 bits per heavy atom. The van der Waals surface area contributed by atoms with Gasteiger partial charge in [0.15, 0.2) is 17.5 Å². The highest BCUT2D eigenvalue weighted by molar-refractivity contribution is 5.40. The minimum atomic E-state index is -0.259. The van der Waals surface area contributed by atoms with Crippen molar-refractivity contribution in [2.24, 2.45) is 0 Å². The second-order valence-corrected chi connectivity index (χ2v) is 6.52. The topological polar surface area (TPSA) is 64.7 Å². The van der Waals surface area contributed by atoms with Crippen molar-refractivity contribution in [3.05, 3.63) is 54.5 Å². The van der Waals surface area contributed by atoms with Crippen LogP contribution < -0.4 is 4.90 Å². The normalized spacial score (nSPS) is 15.5. The molecule has 0 aliphatic carbocycles. The average Bonchev–Trinajstić information content (AvgIpc) is 3.32. The number of aromatic nitrogens is 6. The number of nitrogens with zero attached hydrogens (tertiary/aromatic N) is 7. The molecule has 3 aromatic rings. The van der Waals surface area contributed by atoms with Gasteiger partial charge in [-0.3, -0.25) is 0 Å². The third-order valence-corrected chi connectivity index (χ3v) is 4.95. The van der Waals surface area contributed by atoms with Gasteiger partial charge in [0, 0.05) is 44.1 Å². The van der Waals surface area contributed by atoms with Gasteiger partial charge in [0.1, 0.15) is 5.82 Å². The van der Waals surface area contributed by atoms with E-state index in [1.165, 1.54) is 6.07 Å². The molecule has 0 unspecified atom stereocenters. The van der Waals surface area contributed by atoms with Gasteiger partial charge in [0.25, 0.3) is 0 Å². The van der Waals surface area contributed by atoms with E-state index in [1.54, 1.807) is 24.8 Å². The highest BCUT2D eigenvalue weighted by atomic mass is 19.1. The van der Waals surface area contributed by atoms with Crippen molar-refractivity contribution in [2.75, 3.05) is 18.0 Å². The van der Waals surface area contributed by atoms with Crippen LogP contribution >= 0.6 is 0 Å². The quantitative estimate of drug-likeness (QED) is 0.703.